The molecule has 1 aromatic carbocycles. The molecule has 2 aliphatic rings. The first-order chi connectivity index (χ1) is 12.9. The van der Waals surface area contributed by atoms with Crippen molar-refractivity contribution in [2.45, 2.75) is 37.8 Å². The van der Waals surface area contributed by atoms with E-state index >= 15 is 0 Å². The molecule has 1 aromatic rings. The van der Waals surface area contributed by atoms with Gasteiger partial charge in [0.1, 0.15) is 5.82 Å². The van der Waals surface area contributed by atoms with E-state index in [9.17, 15) is 19.1 Å². The van der Waals surface area contributed by atoms with E-state index in [2.05, 4.69) is 0 Å². The summed E-state index contributed by atoms with van der Waals surface area (Å²) in [5.41, 5.74) is -1.00. The topological polar surface area (TPSA) is 70.1 Å². The third kappa shape index (κ3) is 4.47. The summed E-state index contributed by atoms with van der Waals surface area (Å²) >= 11 is 0. The summed E-state index contributed by atoms with van der Waals surface area (Å²) < 4.78 is 18.7. The van der Waals surface area contributed by atoms with Crippen molar-refractivity contribution in [1.82, 2.24) is 9.80 Å². The summed E-state index contributed by atoms with van der Waals surface area (Å²) in [4.78, 5) is 28.1. The van der Waals surface area contributed by atoms with Crippen LogP contribution in [-0.4, -0.2) is 65.7 Å². The monoisotopic (exact) mass is 378 g/mol. The number of rotatable bonds is 5. The van der Waals surface area contributed by atoms with Crippen molar-refractivity contribution < 1.29 is 23.8 Å². The Hall–Kier alpha value is -1.99. The van der Waals surface area contributed by atoms with Crippen LogP contribution in [0.3, 0.4) is 0 Å². The van der Waals surface area contributed by atoms with E-state index in [-0.39, 0.29) is 36.7 Å². The first-order valence-corrected chi connectivity index (χ1v) is 9.48. The predicted octanol–water partition coefficient (Wildman–Crippen LogP) is 1.56. The molecule has 0 aliphatic carbocycles. The molecular weight excluding hydrogens is 351 g/mol. The highest BCUT2D eigenvalue weighted by Crippen LogP contribution is 2.28. The van der Waals surface area contributed by atoms with Crippen LogP contribution in [0, 0.1) is 11.7 Å². The lowest BCUT2D eigenvalue weighted by Gasteiger charge is -2.42. The van der Waals surface area contributed by atoms with Gasteiger partial charge in [0.15, 0.2) is 5.60 Å². The van der Waals surface area contributed by atoms with Crippen molar-refractivity contribution in [2.24, 2.45) is 5.92 Å². The number of carbonyl (C=O) groups is 2. The van der Waals surface area contributed by atoms with Gasteiger partial charge in [0.25, 0.3) is 5.91 Å². The lowest BCUT2D eigenvalue weighted by Crippen LogP contribution is -2.59. The average molecular weight is 378 g/mol. The van der Waals surface area contributed by atoms with Gasteiger partial charge in [-0.2, -0.15) is 0 Å². The molecule has 0 saturated carbocycles. The van der Waals surface area contributed by atoms with Gasteiger partial charge in [-0.15, -0.1) is 0 Å². The molecule has 2 fully saturated rings. The Morgan fingerprint density at radius 3 is 2.67 bits per heavy atom. The Balaban J connectivity index is 1.61. The smallest absolute Gasteiger partial charge is 0.308 e. The molecule has 148 valence electrons. The van der Waals surface area contributed by atoms with Crippen LogP contribution in [0.25, 0.3) is 0 Å². The van der Waals surface area contributed by atoms with Crippen LogP contribution in [0.1, 0.15) is 31.2 Å². The molecule has 2 aliphatic heterocycles. The minimum atomic E-state index is -1.46. The fraction of sp³-hybridized carbons (Fsp3) is 0.600. The van der Waals surface area contributed by atoms with Crippen LogP contribution in [0.5, 0.6) is 0 Å². The summed E-state index contributed by atoms with van der Waals surface area (Å²) in [6.07, 6.45) is 2.40. The van der Waals surface area contributed by atoms with E-state index in [0.29, 0.717) is 50.9 Å². The quantitative estimate of drug-likeness (QED) is 0.788. The zero-order valence-corrected chi connectivity index (χ0v) is 15.7. The van der Waals surface area contributed by atoms with E-state index in [1.807, 2.05) is 4.90 Å². The lowest BCUT2D eigenvalue weighted by atomic mass is 9.89. The van der Waals surface area contributed by atoms with Crippen LogP contribution in [0.2, 0.25) is 0 Å². The minimum Gasteiger partial charge on any atom is -0.469 e. The molecule has 27 heavy (non-hydrogen) atoms. The Labute approximate surface area is 158 Å². The second-order valence-electron chi connectivity index (χ2n) is 7.53. The second-order valence-corrected chi connectivity index (χ2v) is 7.53. The zero-order chi connectivity index (χ0) is 19.4. The van der Waals surface area contributed by atoms with Crippen molar-refractivity contribution in [1.29, 1.82) is 0 Å². The molecule has 3 rings (SSSR count). The number of aliphatic hydroxyl groups is 1. The molecule has 1 atom stereocenters. The molecule has 0 spiro atoms. The fourth-order valence-corrected chi connectivity index (χ4v) is 4.06. The summed E-state index contributed by atoms with van der Waals surface area (Å²) in [6, 6.07) is 6.39. The first-order valence-electron chi connectivity index (χ1n) is 9.48. The van der Waals surface area contributed by atoms with Crippen LogP contribution in [-0.2, 0) is 20.9 Å². The minimum absolute atomic E-state index is 0.111. The number of methoxy groups -OCH3 is 1. The Morgan fingerprint density at radius 1 is 1.30 bits per heavy atom. The maximum absolute atomic E-state index is 13.9. The number of carbonyl (C=O) groups excluding carboxylic acids is 2. The van der Waals surface area contributed by atoms with Crippen molar-refractivity contribution in [3.05, 3.63) is 35.6 Å². The number of hydrogen-bond donors (Lipinski definition) is 1. The first kappa shape index (κ1) is 19.8. The number of β-amino-alcohol motifs (C(OH)–C–C–N with tert-alkyl or cyclic N) is 1. The maximum Gasteiger partial charge on any atom is 0.308 e. The summed E-state index contributed by atoms with van der Waals surface area (Å²) in [6.45, 7) is 2.21. The highest BCUT2D eigenvalue weighted by Gasteiger charge is 2.44. The zero-order valence-electron chi connectivity index (χ0n) is 15.7. The molecule has 2 saturated heterocycles. The lowest BCUT2D eigenvalue weighted by molar-refractivity contribution is -0.161. The fourth-order valence-electron chi connectivity index (χ4n) is 4.06. The van der Waals surface area contributed by atoms with Crippen molar-refractivity contribution in [3.63, 3.8) is 0 Å². The molecule has 1 amide bonds. The number of ether oxygens (including phenoxy) is 1. The summed E-state index contributed by atoms with van der Waals surface area (Å²) in [5, 5.41) is 11.0. The second kappa shape index (κ2) is 8.35. The van der Waals surface area contributed by atoms with Gasteiger partial charge in [-0.25, -0.2) is 4.39 Å². The summed E-state index contributed by atoms with van der Waals surface area (Å²) in [7, 11) is 1.39. The van der Waals surface area contributed by atoms with E-state index in [0.717, 1.165) is 0 Å². The van der Waals surface area contributed by atoms with Gasteiger partial charge in [-0.05, 0) is 44.8 Å². The van der Waals surface area contributed by atoms with Gasteiger partial charge in [0, 0.05) is 25.2 Å². The molecule has 2 heterocycles. The molecule has 1 unspecified atom stereocenters. The van der Waals surface area contributed by atoms with Gasteiger partial charge in [0.05, 0.1) is 13.0 Å². The summed E-state index contributed by atoms with van der Waals surface area (Å²) in [5.74, 6) is -0.991. The van der Waals surface area contributed by atoms with Gasteiger partial charge >= 0.3 is 5.97 Å². The molecule has 0 aromatic heterocycles. The highest BCUT2D eigenvalue weighted by atomic mass is 19.1. The van der Waals surface area contributed by atoms with Gasteiger partial charge in [-0.1, -0.05) is 18.2 Å². The van der Waals surface area contributed by atoms with Crippen molar-refractivity contribution in [3.8, 4) is 0 Å². The van der Waals surface area contributed by atoms with Crippen LogP contribution >= 0.6 is 0 Å². The number of benzene rings is 1. The molecule has 0 radical (unpaired) electrons. The van der Waals surface area contributed by atoms with Gasteiger partial charge in [0.2, 0.25) is 0 Å². The highest BCUT2D eigenvalue weighted by molar-refractivity contribution is 5.86. The normalized spacial score (nSPS) is 24.9. The molecule has 7 heteroatoms. The number of amides is 1. The van der Waals surface area contributed by atoms with Crippen molar-refractivity contribution >= 4 is 11.9 Å². The van der Waals surface area contributed by atoms with E-state index in [4.69, 9.17) is 4.74 Å². The standard InChI is InChI=1S/C20H27FN2O4/c1-27-18(24)15-7-11-22(12-8-15)14-20(26)9-4-10-23(19(20)25)13-16-5-2-3-6-17(16)21/h2-3,5-6,15,26H,4,7-14H2,1H3. The maximum atomic E-state index is 13.9. The van der Waals surface area contributed by atoms with Gasteiger partial charge < -0.3 is 14.7 Å². The molecule has 1 N–H and O–H groups in total. The van der Waals surface area contributed by atoms with Crippen LogP contribution in [0.15, 0.2) is 24.3 Å². The SMILES string of the molecule is COC(=O)C1CCN(CC2(O)CCCN(Cc3ccccc3F)C2=O)CC1. The number of piperidine rings is 2. The predicted molar refractivity (Wildman–Crippen MR) is 97.2 cm³/mol. The van der Waals surface area contributed by atoms with Crippen molar-refractivity contribution in [2.75, 3.05) is 33.3 Å². The Kier molecular flexibility index (Phi) is 6.11. The third-order valence-electron chi connectivity index (χ3n) is 5.63. The molecular formula is C20H27FN2O4. The Morgan fingerprint density at radius 2 is 2.00 bits per heavy atom. The van der Waals surface area contributed by atoms with E-state index in [1.165, 1.54) is 13.2 Å². The number of halogens is 1. The van der Waals surface area contributed by atoms with Crippen LogP contribution < -0.4 is 0 Å². The third-order valence-corrected chi connectivity index (χ3v) is 5.63. The van der Waals surface area contributed by atoms with E-state index in [1.54, 1.807) is 23.1 Å². The largest absolute Gasteiger partial charge is 0.469 e. The number of likely N-dealkylation sites (tertiary alicyclic amines) is 2. The Bertz CT molecular complexity index is 690. The van der Waals surface area contributed by atoms with E-state index < -0.39 is 5.60 Å². The molecule has 0 bridgehead atoms. The number of esters is 1. The van der Waals surface area contributed by atoms with Crippen LogP contribution in [0.4, 0.5) is 4.39 Å². The average Bonchev–Trinajstić information content (AvgIpc) is 2.67. The number of nitrogens with zero attached hydrogens (tertiary/aromatic N) is 2. The molecule has 6 nitrogen and oxygen atoms in total. The number of hydrogen-bond acceptors (Lipinski definition) is 5. The van der Waals surface area contributed by atoms with Gasteiger partial charge in [-0.3, -0.25) is 14.5 Å².